The fourth-order valence-electron chi connectivity index (χ4n) is 2.67. The van der Waals surface area contributed by atoms with Crippen molar-refractivity contribution in [3.63, 3.8) is 0 Å². The second-order valence-electron chi connectivity index (χ2n) is 5.57. The molecule has 120 valence electrons. The molecule has 24 heavy (non-hydrogen) atoms. The molecule has 3 aromatic rings. The van der Waals surface area contributed by atoms with Crippen molar-refractivity contribution in [2.24, 2.45) is 0 Å². The number of benzene rings is 2. The normalized spacial score (nSPS) is 10.2. The van der Waals surface area contributed by atoms with Crippen molar-refractivity contribution < 1.29 is 4.39 Å². The van der Waals surface area contributed by atoms with Crippen LogP contribution in [0.3, 0.4) is 0 Å². The summed E-state index contributed by atoms with van der Waals surface area (Å²) in [5.41, 5.74) is 3.33. The summed E-state index contributed by atoms with van der Waals surface area (Å²) in [7, 11) is 1.88. The molecule has 0 fully saturated rings. The Kier molecular flexibility index (Phi) is 5.02. The molecule has 0 N–H and O–H groups in total. The zero-order valence-corrected chi connectivity index (χ0v) is 13.6. The quantitative estimate of drug-likeness (QED) is 0.662. The number of aromatic nitrogens is 1. The lowest BCUT2D eigenvalue weighted by molar-refractivity contribution is 0.614. The fraction of sp³-hybridized carbons (Fsp3) is 0.0952. The zero-order chi connectivity index (χ0) is 16.8. The lowest BCUT2D eigenvalue weighted by Gasteiger charge is -2.20. The third-order valence-corrected chi connectivity index (χ3v) is 3.88. The smallest absolute Gasteiger partial charge is 0.128 e. The summed E-state index contributed by atoms with van der Waals surface area (Å²) in [5.74, 6) is -0.160. The van der Waals surface area contributed by atoms with Crippen LogP contribution < -0.4 is 4.90 Å². The van der Waals surface area contributed by atoms with Gasteiger partial charge in [0.15, 0.2) is 0 Å². The molecule has 1 aromatic heterocycles. The van der Waals surface area contributed by atoms with Crippen molar-refractivity contribution in [1.82, 2.24) is 4.98 Å². The maximum absolute atomic E-state index is 15.2. The number of nitrogens with zero attached hydrogens (tertiary/aromatic N) is 2. The molecule has 0 saturated heterocycles. The predicted molar refractivity (Wildman–Crippen MR) is 97.5 cm³/mol. The van der Waals surface area contributed by atoms with Crippen molar-refractivity contribution >= 4 is 11.3 Å². The molecule has 0 aliphatic rings. The molecule has 3 heteroatoms. The van der Waals surface area contributed by atoms with Gasteiger partial charge in [-0.1, -0.05) is 60.7 Å². The molecular formula is C21H19FN2. The summed E-state index contributed by atoms with van der Waals surface area (Å²) in [4.78, 5) is 5.88. The van der Waals surface area contributed by atoms with E-state index in [1.54, 1.807) is 12.4 Å². The van der Waals surface area contributed by atoms with E-state index in [0.29, 0.717) is 5.57 Å². The highest BCUT2D eigenvalue weighted by Crippen LogP contribution is 2.28. The maximum atomic E-state index is 15.2. The number of rotatable bonds is 5. The number of halogens is 1. The van der Waals surface area contributed by atoms with Gasteiger partial charge in [0.2, 0.25) is 0 Å². The van der Waals surface area contributed by atoms with Gasteiger partial charge in [-0.15, -0.1) is 0 Å². The maximum Gasteiger partial charge on any atom is 0.128 e. The minimum absolute atomic E-state index is 0.160. The first-order valence-corrected chi connectivity index (χ1v) is 7.86. The van der Waals surface area contributed by atoms with Crippen molar-refractivity contribution in [1.29, 1.82) is 0 Å². The molecule has 1 heterocycles. The van der Waals surface area contributed by atoms with E-state index in [1.165, 1.54) is 0 Å². The van der Waals surface area contributed by atoms with E-state index < -0.39 is 0 Å². The van der Waals surface area contributed by atoms with Crippen LogP contribution in [0.15, 0.2) is 91.0 Å². The second-order valence-corrected chi connectivity index (χ2v) is 5.57. The topological polar surface area (TPSA) is 16.1 Å². The van der Waals surface area contributed by atoms with Crippen molar-refractivity contribution in [3.8, 4) is 0 Å². The summed E-state index contributed by atoms with van der Waals surface area (Å²) in [5, 5.41) is 0. The Morgan fingerprint density at radius 3 is 1.83 bits per heavy atom. The lowest BCUT2D eigenvalue weighted by Crippen LogP contribution is -2.19. The summed E-state index contributed by atoms with van der Waals surface area (Å²) >= 11 is 0. The molecule has 3 rings (SSSR count). The second kappa shape index (κ2) is 7.55. The van der Waals surface area contributed by atoms with Crippen LogP contribution in [0, 0.1) is 0 Å². The van der Waals surface area contributed by atoms with E-state index in [9.17, 15) is 0 Å². The third kappa shape index (κ3) is 3.69. The van der Waals surface area contributed by atoms with E-state index in [0.717, 1.165) is 16.8 Å². The van der Waals surface area contributed by atoms with Crippen LogP contribution in [-0.4, -0.2) is 18.6 Å². The number of anilines is 1. The Bertz CT molecular complexity index is 758. The highest BCUT2D eigenvalue weighted by atomic mass is 19.1. The molecule has 0 saturated carbocycles. The largest absolute Gasteiger partial charge is 0.368 e. The first-order chi connectivity index (χ1) is 11.8. The molecule has 0 atom stereocenters. The third-order valence-electron chi connectivity index (χ3n) is 3.88. The number of hydrogen-bond acceptors (Lipinski definition) is 2. The van der Waals surface area contributed by atoms with Crippen molar-refractivity contribution in [3.05, 3.63) is 102 Å². The summed E-state index contributed by atoms with van der Waals surface area (Å²) < 4.78 is 15.2. The van der Waals surface area contributed by atoms with Gasteiger partial charge in [0.05, 0.1) is 6.54 Å². The molecule has 0 aliphatic heterocycles. The highest BCUT2D eigenvalue weighted by molar-refractivity contribution is 5.81. The van der Waals surface area contributed by atoms with Gasteiger partial charge in [-0.25, -0.2) is 4.39 Å². The van der Waals surface area contributed by atoms with Crippen molar-refractivity contribution in [2.75, 3.05) is 18.5 Å². The highest BCUT2D eigenvalue weighted by Gasteiger charge is 2.14. The SMILES string of the molecule is CN(CC(F)=C(c1ccccc1)c1ccccc1)c1ccncc1. The number of likely N-dealkylation sites (N-methyl/N-ethyl adjacent to an activating group) is 1. The van der Waals surface area contributed by atoms with Crippen LogP contribution in [0.2, 0.25) is 0 Å². The van der Waals surface area contributed by atoms with Crippen LogP contribution in [0.1, 0.15) is 11.1 Å². The fourth-order valence-corrected chi connectivity index (χ4v) is 2.67. The van der Waals surface area contributed by atoms with Gasteiger partial charge in [-0.2, -0.15) is 0 Å². The van der Waals surface area contributed by atoms with Crippen LogP contribution >= 0.6 is 0 Å². The molecular weight excluding hydrogens is 299 g/mol. The molecule has 0 radical (unpaired) electrons. The van der Waals surface area contributed by atoms with Gasteiger partial charge in [0, 0.05) is 30.7 Å². The van der Waals surface area contributed by atoms with E-state index in [1.807, 2.05) is 84.7 Å². The van der Waals surface area contributed by atoms with Crippen LogP contribution in [0.25, 0.3) is 5.57 Å². The van der Waals surface area contributed by atoms with Gasteiger partial charge < -0.3 is 4.90 Å². The summed E-state index contributed by atoms with van der Waals surface area (Å²) in [6.45, 7) is 0.198. The average molecular weight is 318 g/mol. The first kappa shape index (κ1) is 15.9. The van der Waals surface area contributed by atoms with E-state index >= 15 is 4.39 Å². The Hall–Kier alpha value is -2.94. The average Bonchev–Trinajstić information content (AvgIpc) is 2.64. The summed E-state index contributed by atoms with van der Waals surface area (Å²) in [6, 6.07) is 23.1. The number of pyridine rings is 1. The minimum Gasteiger partial charge on any atom is -0.368 e. The Morgan fingerprint density at radius 1 is 0.833 bits per heavy atom. The Morgan fingerprint density at radius 2 is 1.33 bits per heavy atom. The van der Waals surface area contributed by atoms with Crippen LogP contribution in [-0.2, 0) is 0 Å². The van der Waals surface area contributed by atoms with Gasteiger partial charge >= 0.3 is 0 Å². The molecule has 0 bridgehead atoms. The first-order valence-electron chi connectivity index (χ1n) is 7.86. The Balaban J connectivity index is 1.99. The molecule has 2 aromatic carbocycles. The molecule has 0 spiro atoms. The zero-order valence-electron chi connectivity index (χ0n) is 13.6. The molecule has 0 aliphatic carbocycles. The molecule has 0 unspecified atom stereocenters. The van der Waals surface area contributed by atoms with Gasteiger partial charge in [-0.3, -0.25) is 4.98 Å². The predicted octanol–water partition coefficient (Wildman–Crippen LogP) is 4.95. The Labute approximate surface area is 141 Å². The monoisotopic (exact) mass is 318 g/mol. The van der Waals surface area contributed by atoms with Crippen LogP contribution in [0.5, 0.6) is 0 Å². The van der Waals surface area contributed by atoms with Gasteiger partial charge in [0.25, 0.3) is 0 Å². The van der Waals surface area contributed by atoms with Crippen LogP contribution in [0.4, 0.5) is 10.1 Å². The molecule has 0 amide bonds. The van der Waals surface area contributed by atoms with Crippen molar-refractivity contribution in [2.45, 2.75) is 0 Å². The summed E-state index contributed by atoms with van der Waals surface area (Å²) in [6.07, 6.45) is 3.42. The minimum atomic E-state index is -0.160. The van der Waals surface area contributed by atoms with Gasteiger partial charge in [0.1, 0.15) is 5.83 Å². The van der Waals surface area contributed by atoms with E-state index in [2.05, 4.69) is 4.98 Å². The van der Waals surface area contributed by atoms with Gasteiger partial charge in [-0.05, 0) is 23.3 Å². The molecule has 2 nitrogen and oxygen atoms in total. The lowest BCUT2D eigenvalue weighted by atomic mass is 9.97. The standard InChI is InChI=1S/C21H19FN2/c1-24(19-12-14-23-15-13-19)16-20(22)21(17-8-4-2-5-9-17)18-10-6-3-7-11-18/h2-15H,16H2,1H3. The van der Waals surface area contributed by atoms with E-state index in [4.69, 9.17) is 0 Å². The van der Waals surface area contributed by atoms with E-state index in [-0.39, 0.29) is 12.4 Å². The number of hydrogen-bond donors (Lipinski definition) is 0.